The molecule has 0 fully saturated rings. The third kappa shape index (κ3) is 1.55. The van der Waals surface area contributed by atoms with E-state index >= 15 is 0 Å². The van der Waals surface area contributed by atoms with Crippen LogP contribution < -0.4 is 11.5 Å². The molecule has 14 heavy (non-hydrogen) atoms. The van der Waals surface area contributed by atoms with Gasteiger partial charge in [-0.15, -0.1) is 0 Å². The minimum Gasteiger partial charge on any atom is -0.399 e. The van der Waals surface area contributed by atoms with E-state index in [1.165, 1.54) is 0 Å². The summed E-state index contributed by atoms with van der Waals surface area (Å²) in [4.78, 5) is 0. The fraction of sp³-hybridized carbons (Fsp3) is 0. The van der Waals surface area contributed by atoms with Gasteiger partial charge in [-0.3, -0.25) is 0 Å². The first-order valence-electron chi connectivity index (χ1n) is 4.48. The van der Waals surface area contributed by atoms with Crippen molar-refractivity contribution in [1.29, 1.82) is 0 Å². The molecule has 0 saturated heterocycles. The van der Waals surface area contributed by atoms with Crippen LogP contribution in [0.3, 0.4) is 0 Å². The van der Waals surface area contributed by atoms with Gasteiger partial charge in [-0.1, -0.05) is 30.3 Å². The molecule has 2 nitrogen and oxygen atoms in total. The monoisotopic (exact) mass is 184 g/mol. The average Bonchev–Trinajstić information content (AvgIpc) is 2.23. The maximum absolute atomic E-state index is 5.87. The number of nitrogen functional groups attached to an aromatic ring is 2. The highest BCUT2D eigenvalue weighted by Crippen LogP contribution is 2.27. The standard InChI is InChI=1S/C12H12N2/c13-10-6-7-12(14)11(8-10)9-4-2-1-3-5-9/h1-8H,13-14H2. The number of nitrogens with two attached hydrogens (primary N) is 2. The van der Waals surface area contributed by atoms with Gasteiger partial charge in [0.1, 0.15) is 0 Å². The largest absolute Gasteiger partial charge is 0.399 e. The molecule has 4 N–H and O–H groups in total. The van der Waals surface area contributed by atoms with Crippen molar-refractivity contribution < 1.29 is 0 Å². The first-order chi connectivity index (χ1) is 6.77. The molecule has 0 spiro atoms. The average molecular weight is 184 g/mol. The lowest BCUT2D eigenvalue weighted by Crippen LogP contribution is -1.92. The highest BCUT2D eigenvalue weighted by Gasteiger charge is 2.01. The lowest BCUT2D eigenvalue weighted by Gasteiger charge is -2.06. The molecule has 2 aromatic carbocycles. The Morgan fingerprint density at radius 1 is 0.786 bits per heavy atom. The second-order valence-electron chi connectivity index (χ2n) is 3.21. The number of anilines is 2. The molecule has 0 saturated carbocycles. The third-order valence-electron chi connectivity index (χ3n) is 2.16. The lowest BCUT2D eigenvalue weighted by atomic mass is 10.0. The topological polar surface area (TPSA) is 52.0 Å². The smallest absolute Gasteiger partial charge is 0.0395 e. The van der Waals surface area contributed by atoms with Gasteiger partial charge in [-0.25, -0.2) is 0 Å². The van der Waals surface area contributed by atoms with Crippen LogP contribution in [0, 0.1) is 0 Å². The zero-order chi connectivity index (χ0) is 9.97. The number of hydrogen-bond acceptors (Lipinski definition) is 2. The van der Waals surface area contributed by atoms with Crippen molar-refractivity contribution >= 4 is 11.4 Å². The van der Waals surface area contributed by atoms with Gasteiger partial charge in [0.25, 0.3) is 0 Å². The van der Waals surface area contributed by atoms with Gasteiger partial charge in [-0.2, -0.15) is 0 Å². The highest BCUT2D eigenvalue weighted by atomic mass is 14.6. The van der Waals surface area contributed by atoms with Crippen LogP contribution in [0.25, 0.3) is 11.1 Å². The van der Waals surface area contributed by atoms with Gasteiger partial charge in [-0.05, 0) is 23.8 Å². The number of benzene rings is 2. The number of hydrogen-bond donors (Lipinski definition) is 2. The Labute approximate surface area is 83.2 Å². The van der Waals surface area contributed by atoms with E-state index in [2.05, 4.69) is 0 Å². The van der Waals surface area contributed by atoms with E-state index < -0.39 is 0 Å². The predicted octanol–water partition coefficient (Wildman–Crippen LogP) is 2.52. The van der Waals surface area contributed by atoms with Crippen LogP contribution in [0.2, 0.25) is 0 Å². The van der Waals surface area contributed by atoms with Crippen LogP contribution in [-0.2, 0) is 0 Å². The zero-order valence-electron chi connectivity index (χ0n) is 7.77. The normalized spacial score (nSPS) is 10.0. The minimum atomic E-state index is 0.734. The van der Waals surface area contributed by atoms with E-state index in [1.54, 1.807) is 0 Å². The molecule has 0 bridgehead atoms. The number of rotatable bonds is 1. The molecule has 70 valence electrons. The molecule has 2 aromatic rings. The lowest BCUT2D eigenvalue weighted by molar-refractivity contribution is 1.60. The first kappa shape index (κ1) is 8.63. The van der Waals surface area contributed by atoms with E-state index in [9.17, 15) is 0 Å². The Hall–Kier alpha value is -1.96. The predicted molar refractivity (Wildman–Crippen MR) is 60.7 cm³/mol. The second-order valence-corrected chi connectivity index (χ2v) is 3.21. The molecule has 0 heterocycles. The van der Waals surface area contributed by atoms with E-state index in [0.717, 1.165) is 22.5 Å². The summed E-state index contributed by atoms with van der Waals surface area (Å²) in [5, 5.41) is 0. The molecule has 0 radical (unpaired) electrons. The van der Waals surface area contributed by atoms with E-state index in [1.807, 2.05) is 48.5 Å². The summed E-state index contributed by atoms with van der Waals surface area (Å²) < 4.78 is 0. The fourth-order valence-electron chi connectivity index (χ4n) is 1.44. The van der Waals surface area contributed by atoms with Gasteiger partial charge in [0, 0.05) is 16.9 Å². The van der Waals surface area contributed by atoms with Crippen molar-refractivity contribution in [2.45, 2.75) is 0 Å². The summed E-state index contributed by atoms with van der Waals surface area (Å²) in [7, 11) is 0. The van der Waals surface area contributed by atoms with Gasteiger partial charge in [0.15, 0.2) is 0 Å². The maximum atomic E-state index is 5.87. The van der Waals surface area contributed by atoms with Gasteiger partial charge >= 0.3 is 0 Å². The van der Waals surface area contributed by atoms with Crippen LogP contribution in [0.15, 0.2) is 48.5 Å². The van der Waals surface area contributed by atoms with Crippen molar-refractivity contribution in [3.05, 3.63) is 48.5 Å². The Balaban J connectivity index is 2.57. The summed E-state index contributed by atoms with van der Waals surface area (Å²) in [6.45, 7) is 0. The van der Waals surface area contributed by atoms with Crippen molar-refractivity contribution in [2.24, 2.45) is 0 Å². The minimum absolute atomic E-state index is 0.734. The summed E-state index contributed by atoms with van der Waals surface area (Å²) in [6, 6.07) is 15.5. The molecule has 0 atom stereocenters. The van der Waals surface area contributed by atoms with E-state index in [0.29, 0.717) is 0 Å². The summed E-state index contributed by atoms with van der Waals surface area (Å²) in [5.41, 5.74) is 15.2. The van der Waals surface area contributed by atoms with Crippen molar-refractivity contribution in [3.8, 4) is 11.1 Å². The van der Waals surface area contributed by atoms with Crippen LogP contribution in [0.1, 0.15) is 0 Å². The molecule has 0 aliphatic heterocycles. The fourth-order valence-corrected chi connectivity index (χ4v) is 1.44. The third-order valence-corrected chi connectivity index (χ3v) is 2.16. The summed E-state index contributed by atoms with van der Waals surface area (Å²) in [6.07, 6.45) is 0. The first-order valence-corrected chi connectivity index (χ1v) is 4.48. The Morgan fingerprint density at radius 2 is 1.50 bits per heavy atom. The summed E-state index contributed by atoms with van der Waals surface area (Å²) in [5.74, 6) is 0. The summed E-state index contributed by atoms with van der Waals surface area (Å²) >= 11 is 0. The van der Waals surface area contributed by atoms with Gasteiger partial charge in [0.2, 0.25) is 0 Å². The SMILES string of the molecule is Nc1ccc(N)c(-c2ccccc2)c1. The Bertz CT molecular complexity index is 435. The Kier molecular flexibility index (Phi) is 2.11. The quantitative estimate of drug-likeness (QED) is 0.669. The molecule has 0 aromatic heterocycles. The zero-order valence-corrected chi connectivity index (χ0v) is 7.77. The Morgan fingerprint density at radius 3 is 2.21 bits per heavy atom. The van der Waals surface area contributed by atoms with Gasteiger partial charge < -0.3 is 11.5 Å². The van der Waals surface area contributed by atoms with Crippen molar-refractivity contribution in [2.75, 3.05) is 11.5 Å². The van der Waals surface area contributed by atoms with Crippen LogP contribution in [-0.4, -0.2) is 0 Å². The molecule has 0 unspecified atom stereocenters. The van der Waals surface area contributed by atoms with Crippen LogP contribution in [0.4, 0.5) is 11.4 Å². The highest BCUT2D eigenvalue weighted by molar-refractivity contribution is 5.78. The van der Waals surface area contributed by atoms with Crippen molar-refractivity contribution in [3.63, 3.8) is 0 Å². The second kappa shape index (κ2) is 3.42. The molecule has 0 amide bonds. The molecule has 2 rings (SSSR count). The van der Waals surface area contributed by atoms with Gasteiger partial charge in [0.05, 0.1) is 0 Å². The molecule has 2 heteroatoms. The van der Waals surface area contributed by atoms with Crippen LogP contribution >= 0.6 is 0 Å². The molecule has 0 aliphatic carbocycles. The molecular formula is C12H12N2. The van der Waals surface area contributed by atoms with Crippen LogP contribution in [0.5, 0.6) is 0 Å². The van der Waals surface area contributed by atoms with E-state index in [4.69, 9.17) is 11.5 Å². The maximum Gasteiger partial charge on any atom is 0.0395 e. The molecule has 0 aliphatic rings. The van der Waals surface area contributed by atoms with E-state index in [-0.39, 0.29) is 0 Å². The van der Waals surface area contributed by atoms with Crippen molar-refractivity contribution in [1.82, 2.24) is 0 Å². The molecular weight excluding hydrogens is 172 g/mol.